The number of carbonyl (C=O) groups is 1. The van der Waals surface area contributed by atoms with E-state index < -0.39 is 0 Å². The maximum Gasteiger partial charge on any atom is 0.244 e. The summed E-state index contributed by atoms with van der Waals surface area (Å²) in [5, 5.41) is 11.6. The summed E-state index contributed by atoms with van der Waals surface area (Å²) in [4.78, 5) is 16.6. The third-order valence-corrected chi connectivity index (χ3v) is 3.77. The molecule has 1 aromatic carbocycles. The Hall–Kier alpha value is -2.96. The van der Waals surface area contributed by atoms with Gasteiger partial charge in [-0.25, -0.2) is 9.67 Å². The van der Waals surface area contributed by atoms with Crippen LogP contribution in [0.1, 0.15) is 30.2 Å². The Kier molecular flexibility index (Phi) is 4.41. The molecule has 7 nitrogen and oxygen atoms in total. The van der Waals surface area contributed by atoms with Crippen LogP contribution >= 0.6 is 0 Å². The van der Waals surface area contributed by atoms with E-state index in [1.165, 1.54) is 0 Å². The highest BCUT2D eigenvalue weighted by molar-refractivity contribution is 5.79. The van der Waals surface area contributed by atoms with Crippen LogP contribution in [0.3, 0.4) is 0 Å². The molecule has 0 saturated carbocycles. The molecule has 3 rings (SSSR count). The van der Waals surface area contributed by atoms with Gasteiger partial charge in [-0.15, -0.1) is 5.10 Å². The van der Waals surface area contributed by atoms with Gasteiger partial charge in [0.15, 0.2) is 5.82 Å². The monoisotopic (exact) mass is 324 g/mol. The molecule has 2 aromatic heterocycles. The minimum atomic E-state index is -0.380. The van der Waals surface area contributed by atoms with Crippen LogP contribution in [-0.2, 0) is 11.3 Å². The number of rotatable bonds is 5. The summed E-state index contributed by atoms with van der Waals surface area (Å²) in [5.74, 6) is 0.449. The van der Waals surface area contributed by atoms with E-state index >= 15 is 0 Å². The summed E-state index contributed by atoms with van der Waals surface area (Å²) in [5.41, 5.74) is 2.79. The molecule has 0 radical (unpaired) electrons. The van der Waals surface area contributed by atoms with Crippen LogP contribution in [0, 0.1) is 13.8 Å². The first kappa shape index (κ1) is 15.9. The van der Waals surface area contributed by atoms with Crippen LogP contribution in [-0.4, -0.2) is 30.5 Å². The summed E-state index contributed by atoms with van der Waals surface area (Å²) in [6.07, 6.45) is 1.64. The number of para-hydroxylation sites is 1. The summed E-state index contributed by atoms with van der Waals surface area (Å²) in [6.45, 7) is 5.95. The largest absolute Gasteiger partial charge is 0.347 e. The van der Waals surface area contributed by atoms with Gasteiger partial charge in [-0.2, -0.15) is 5.10 Å². The predicted molar refractivity (Wildman–Crippen MR) is 89.6 cm³/mol. The fourth-order valence-corrected chi connectivity index (χ4v) is 2.55. The zero-order valence-corrected chi connectivity index (χ0v) is 14.0. The second-order valence-corrected chi connectivity index (χ2v) is 5.71. The lowest BCUT2D eigenvalue weighted by atomic mass is 10.3. The molecule has 0 saturated heterocycles. The minimum Gasteiger partial charge on any atom is -0.347 e. The zero-order chi connectivity index (χ0) is 17.1. The number of benzene rings is 1. The Morgan fingerprint density at radius 2 is 1.96 bits per heavy atom. The highest BCUT2D eigenvalue weighted by Crippen LogP contribution is 2.11. The van der Waals surface area contributed by atoms with E-state index in [-0.39, 0.29) is 18.5 Å². The number of aromatic nitrogens is 5. The van der Waals surface area contributed by atoms with Crippen molar-refractivity contribution in [1.29, 1.82) is 0 Å². The van der Waals surface area contributed by atoms with Crippen LogP contribution in [0.4, 0.5) is 0 Å². The number of amides is 1. The van der Waals surface area contributed by atoms with Gasteiger partial charge in [0.1, 0.15) is 12.4 Å². The smallest absolute Gasteiger partial charge is 0.244 e. The summed E-state index contributed by atoms with van der Waals surface area (Å²) in [6, 6.07) is 11.3. The standard InChI is InChI=1S/C17H20N6O/c1-12-9-13(2)23(20-12)14(3)17(24)18-10-16-19-11-22(21-16)15-7-5-4-6-8-15/h4-9,11,14H,10H2,1-3H3,(H,18,24). The van der Waals surface area contributed by atoms with Crippen LogP contribution in [0.5, 0.6) is 0 Å². The van der Waals surface area contributed by atoms with Crippen LogP contribution in [0.2, 0.25) is 0 Å². The molecule has 0 bridgehead atoms. The van der Waals surface area contributed by atoms with E-state index in [2.05, 4.69) is 20.5 Å². The van der Waals surface area contributed by atoms with E-state index in [9.17, 15) is 4.79 Å². The number of nitrogens with one attached hydrogen (secondary N) is 1. The van der Waals surface area contributed by atoms with Gasteiger partial charge < -0.3 is 5.32 Å². The highest BCUT2D eigenvalue weighted by atomic mass is 16.2. The average Bonchev–Trinajstić information content (AvgIpc) is 3.19. The van der Waals surface area contributed by atoms with E-state index in [4.69, 9.17) is 0 Å². The fraction of sp³-hybridized carbons (Fsp3) is 0.294. The molecule has 1 atom stereocenters. The molecule has 0 fully saturated rings. The molecule has 0 aliphatic carbocycles. The number of carbonyl (C=O) groups excluding carboxylic acids is 1. The number of hydrogen-bond donors (Lipinski definition) is 1. The molecular weight excluding hydrogens is 304 g/mol. The van der Waals surface area contributed by atoms with Crippen molar-refractivity contribution in [1.82, 2.24) is 29.9 Å². The third kappa shape index (κ3) is 3.34. The number of aryl methyl sites for hydroxylation is 2. The van der Waals surface area contributed by atoms with Gasteiger partial charge in [-0.05, 0) is 39.0 Å². The second-order valence-electron chi connectivity index (χ2n) is 5.71. The first-order valence-corrected chi connectivity index (χ1v) is 7.81. The first-order valence-electron chi connectivity index (χ1n) is 7.81. The topological polar surface area (TPSA) is 77.6 Å². The van der Waals surface area contributed by atoms with Crippen molar-refractivity contribution in [3.63, 3.8) is 0 Å². The summed E-state index contributed by atoms with van der Waals surface area (Å²) in [7, 11) is 0. The van der Waals surface area contributed by atoms with E-state index in [1.54, 1.807) is 15.7 Å². The van der Waals surface area contributed by atoms with Crippen molar-refractivity contribution >= 4 is 5.91 Å². The van der Waals surface area contributed by atoms with E-state index in [0.29, 0.717) is 5.82 Å². The van der Waals surface area contributed by atoms with E-state index in [1.807, 2.05) is 57.2 Å². The van der Waals surface area contributed by atoms with Gasteiger partial charge >= 0.3 is 0 Å². The normalized spacial score (nSPS) is 12.1. The van der Waals surface area contributed by atoms with Gasteiger partial charge in [0.05, 0.1) is 17.9 Å². The Morgan fingerprint density at radius 1 is 1.21 bits per heavy atom. The number of nitrogens with zero attached hydrogens (tertiary/aromatic N) is 5. The van der Waals surface area contributed by atoms with Crippen molar-refractivity contribution < 1.29 is 4.79 Å². The molecular formula is C17H20N6O. The lowest BCUT2D eigenvalue weighted by Crippen LogP contribution is -2.32. The highest BCUT2D eigenvalue weighted by Gasteiger charge is 2.18. The zero-order valence-electron chi connectivity index (χ0n) is 14.0. The molecule has 24 heavy (non-hydrogen) atoms. The van der Waals surface area contributed by atoms with Crippen molar-refractivity contribution in [3.8, 4) is 5.69 Å². The van der Waals surface area contributed by atoms with Crippen LogP contribution < -0.4 is 5.32 Å². The van der Waals surface area contributed by atoms with Crippen molar-refractivity contribution in [3.05, 3.63) is 59.9 Å². The molecule has 1 amide bonds. The Balaban J connectivity index is 1.62. The van der Waals surface area contributed by atoms with Gasteiger partial charge in [0, 0.05) is 5.69 Å². The van der Waals surface area contributed by atoms with Gasteiger partial charge in [-0.3, -0.25) is 9.48 Å². The minimum absolute atomic E-state index is 0.114. The average molecular weight is 324 g/mol. The molecule has 7 heteroatoms. The molecule has 3 aromatic rings. The Bertz CT molecular complexity index is 836. The Morgan fingerprint density at radius 3 is 2.62 bits per heavy atom. The lowest BCUT2D eigenvalue weighted by molar-refractivity contribution is -0.124. The summed E-state index contributed by atoms with van der Waals surface area (Å²) < 4.78 is 3.41. The molecule has 1 N–H and O–H groups in total. The maximum absolute atomic E-state index is 12.3. The maximum atomic E-state index is 12.3. The van der Waals surface area contributed by atoms with Gasteiger partial charge in [0.25, 0.3) is 0 Å². The van der Waals surface area contributed by atoms with Crippen molar-refractivity contribution in [2.75, 3.05) is 0 Å². The van der Waals surface area contributed by atoms with Crippen LogP contribution in [0.25, 0.3) is 5.69 Å². The van der Waals surface area contributed by atoms with Crippen LogP contribution in [0.15, 0.2) is 42.7 Å². The fourth-order valence-electron chi connectivity index (χ4n) is 2.55. The van der Waals surface area contributed by atoms with Gasteiger partial charge in [0.2, 0.25) is 5.91 Å². The third-order valence-electron chi connectivity index (χ3n) is 3.77. The quantitative estimate of drug-likeness (QED) is 0.778. The van der Waals surface area contributed by atoms with Crippen molar-refractivity contribution in [2.45, 2.75) is 33.4 Å². The molecule has 0 aliphatic rings. The molecule has 1 unspecified atom stereocenters. The van der Waals surface area contributed by atoms with Crippen molar-refractivity contribution in [2.24, 2.45) is 0 Å². The molecule has 2 heterocycles. The number of hydrogen-bond acceptors (Lipinski definition) is 4. The Labute approximate surface area is 140 Å². The van der Waals surface area contributed by atoms with Gasteiger partial charge in [-0.1, -0.05) is 18.2 Å². The second kappa shape index (κ2) is 6.66. The summed E-state index contributed by atoms with van der Waals surface area (Å²) >= 11 is 0. The SMILES string of the molecule is Cc1cc(C)n(C(C)C(=O)NCc2ncn(-c3ccccc3)n2)n1. The molecule has 0 spiro atoms. The first-order chi connectivity index (χ1) is 11.5. The molecule has 0 aliphatic heterocycles. The lowest BCUT2D eigenvalue weighted by Gasteiger charge is -2.13. The molecule has 124 valence electrons. The van der Waals surface area contributed by atoms with E-state index in [0.717, 1.165) is 17.1 Å². The predicted octanol–water partition coefficient (Wildman–Crippen LogP) is 1.96.